The predicted molar refractivity (Wildman–Crippen MR) is 85.9 cm³/mol. The van der Waals surface area contributed by atoms with Gasteiger partial charge in [0.1, 0.15) is 0 Å². The molecule has 0 spiro atoms. The smallest absolute Gasteiger partial charge is 0.298 e. The van der Waals surface area contributed by atoms with Crippen LogP contribution >= 0.6 is 0 Å². The molecule has 1 fully saturated rings. The molecule has 1 aliphatic rings. The van der Waals surface area contributed by atoms with E-state index in [-0.39, 0.29) is 11.9 Å². The molecule has 2 N–H and O–H groups in total. The highest BCUT2D eigenvalue weighted by molar-refractivity contribution is 5.84. The van der Waals surface area contributed by atoms with Crippen LogP contribution in [-0.2, 0) is 4.79 Å². The van der Waals surface area contributed by atoms with E-state index in [1.165, 1.54) is 11.3 Å². The number of nitrogens with one attached hydrogen (secondary N) is 2. The first-order valence-electron chi connectivity index (χ1n) is 7.50. The summed E-state index contributed by atoms with van der Waals surface area (Å²) in [5.41, 5.74) is 4.79. The molecule has 1 aromatic rings. The summed E-state index contributed by atoms with van der Waals surface area (Å²) in [6.45, 7) is 1.06. The quantitative estimate of drug-likeness (QED) is 0.617. The molecular formula is C16H25N4O+. The maximum atomic E-state index is 12.1. The van der Waals surface area contributed by atoms with Gasteiger partial charge in [-0.05, 0) is 30.5 Å². The van der Waals surface area contributed by atoms with Crippen LogP contribution in [0, 0.1) is 0 Å². The number of amides is 1. The summed E-state index contributed by atoms with van der Waals surface area (Å²) < 4.78 is 0. The number of anilines is 1. The molecule has 0 aromatic heterocycles. The molecule has 21 heavy (non-hydrogen) atoms. The number of hydrogen-bond acceptors (Lipinski definition) is 3. The van der Waals surface area contributed by atoms with Gasteiger partial charge >= 0.3 is 0 Å². The van der Waals surface area contributed by atoms with Gasteiger partial charge in [0, 0.05) is 26.2 Å². The van der Waals surface area contributed by atoms with Gasteiger partial charge in [0.2, 0.25) is 0 Å². The second-order valence-corrected chi connectivity index (χ2v) is 5.86. The van der Waals surface area contributed by atoms with E-state index in [2.05, 4.69) is 17.6 Å². The van der Waals surface area contributed by atoms with Crippen molar-refractivity contribution in [3.63, 3.8) is 0 Å². The van der Waals surface area contributed by atoms with Crippen LogP contribution in [0.15, 0.2) is 29.4 Å². The molecule has 1 aliphatic heterocycles. The minimum atomic E-state index is 0.0216. The van der Waals surface area contributed by atoms with Crippen LogP contribution in [0.4, 0.5) is 5.69 Å². The maximum Gasteiger partial charge on any atom is 0.298 e. The average molecular weight is 289 g/mol. The van der Waals surface area contributed by atoms with Gasteiger partial charge in [0.15, 0.2) is 6.04 Å². The first kappa shape index (κ1) is 15.5. The zero-order valence-corrected chi connectivity index (χ0v) is 13.1. The molecule has 0 aliphatic carbocycles. The molecule has 2 atom stereocenters. The molecule has 1 heterocycles. The van der Waals surface area contributed by atoms with E-state index in [4.69, 9.17) is 0 Å². The third-order valence-electron chi connectivity index (χ3n) is 4.02. The fraction of sp³-hybridized carbons (Fsp3) is 0.500. The number of likely N-dealkylation sites (N-methyl/N-ethyl adjacent to an activating group) is 1. The highest BCUT2D eigenvalue weighted by Gasteiger charge is 2.29. The normalized spacial score (nSPS) is 22.2. The molecule has 0 saturated carbocycles. The summed E-state index contributed by atoms with van der Waals surface area (Å²) >= 11 is 0. The van der Waals surface area contributed by atoms with E-state index in [9.17, 15) is 4.79 Å². The Kier molecular flexibility index (Phi) is 5.33. The second-order valence-electron chi connectivity index (χ2n) is 5.86. The number of likely N-dealkylation sites (tertiary alicyclic amines) is 1. The maximum absolute atomic E-state index is 12.1. The lowest BCUT2D eigenvalue weighted by atomic mass is 10.0. The fourth-order valence-corrected chi connectivity index (χ4v) is 2.63. The lowest BCUT2D eigenvalue weighted by Crippen LogP contribution is -3.15. The largest absolute Gasteiger partial charge is 0.378 e. The first-order chi connectivity index (χ1) is 10.1. The summed E-state index contributed by atoms with van der Waals surface area (Å²) in [7, 11) is 6.09. The molecule has 1 saturated heterocycles. The third kappa shape index (κ3) is 4.29. The number of hydrazone groups is 1. The molecule has 114 valence electrons. The second kappa shape index (κ2) is 7.22. The van der Waals surface area contributed by atoms with Crippen LogP contribution in [0.25, 0.3) is 0 Å². The molecule has 1 aromatic carbocycles. The SMILES string of the molecule is CN(C)c1ccc(C=NNC(=O)C2CCCC[NH+]2C)cc1. The monoisotopic (exact) mass is 289 g/mol. The van der Waals surface area contributed by atoms with Crippen molar-refractivity contribution in [3.8, 4) is 0 Å². The molecule has 2 rings (SSSR count). The minimum absolute atomic E-state index is 0.0216. The highest BCUT2D eigenvalue weighted by Crippen LogP contribution is 2.10. The Morgan fingerprint density at radius 1 is 1.33 bits per heavy atom. The minimum Gasteiger partial charge on any atom is -0.378 e. The number of piperidine rings is 1. The van der Waals surface area contributed by atoms with Crippen molar-refractivity contribution in [3.05, 3.63) is 29.8 Å². The van der Waals surface area contributed by atoms with E-state index >= 15 is 0 Å². The van der Waals surface area contributed by atoms with Gasteiger partial charge in [0.25, 0.3) is 5.91 Å². The van der Waals surface area contributed by atoms with Gasteiger partial charge in [-0.15, -0.1) is 0 Å². The van der Waals surface area contributed by atoms with Crippen molar-refractivity contribution in [2.24, 2.45) is 5.10 Å². The Balaban J connectivity index is 1.88. The Hall–Kier alpha value is -1.88. The number of hydrogen-bond donors (Lipinski definition) is 2. The van der Waals surface area contributed by atoms with Crippen molar-refractivity contribution < 1.29 is 9.69 Å². The van der Waals surface area contributed by atoms with Crippen molar-refractivity contribution >= 4 is 17.8 Å². The van der Waals surface area contributed by atoms with Crippen molar-refractivity contribution in [2.75, 3.05) is 32.6 Å². The Labute approximate surface area is 126 Å². The summed E-state index contributed by atoms with van der Waals surface area (Å²) in [6, 6.07) is 8.07. The first-order valence-corrected chi connectivity index (χ1v) is 7.50. The topological polar surface area (TPSA) is 49.1 Å². The number of nitrogens with zero attached hydrogens (tertiary/aromatic N) is 2. The molecule has 1 amide bonds. The van der Waals surface area contributed by atoms with Gasteiger partial charge in [-0.3, -0.25) is 4.79 Å². The van der Waals surface area contributed by atoms with Gasteiger partial charge in [0.05, 0.1) is 19.8 Å². The van der Waals surface area contributed by atoms with Crippen LogP contribution in [-0.4, -0.2) is 45.9 Å². The van der Waals surface area contributed by atoms with E-state index in [1.54, 1.807) is 6.21 Å². The molecular weight excluding hydrogens is 264 g/mol. The van der Waals surface area contributed by atoms with Gasteiger partial charge in [-0.1, -0.05) is 12.1 Å². The Morgan fingerprint density at radius 2 is 2.05 bits per heavy atom. The molecule has 2 unspecified atom stereocenters. The zero-order valence-electron chi connectivity index (χ0n) is 13.1. The third-order valence-corrected chi connectivity index (χ3v) is 4.02. The number of carbonyl (C=O) groups is 1. The molecule has 5 heteroatoms. The predicted octanol–water partition coefficient (Wildman–Crippen LogP) is 0.270. The molecule has 5 nitrogen and oxygen atoms in total. The van der Waals surface area contributed by atoms with Crippen molar-refractivity contribution in [1.29, 1.82) is 0 Å². The molecule has 0 bridgehead atoms. The fourth-order valence-electron chi connectivity index (χ4n) is 2.63. The number of rotatable bonds is 4. The van der Waals surface area contributed by atoms with E-state index in [0.717, 1.165) is 30.6 Å². The number of carbonyl (C=O) groups excluding carboxylic acids is 1. The number of quaternary nitrogens is 1. The highest BCUT2D eigenvalue weighted by atomic mass is 16.2. The van der Waals surface area contributed by atoms with E-state index < -0.39 is 0 Å². The van der Waals surface area contributed by atoms with Crippen molar-refractivity contribution in [2.45, 2.75) is 25.3 Å². The summed E-state index contributed by atoms with van der Waals surface area (Å²) in [5.74, 6) is 0.0216. The van der Waals surface area contributed by atoms with Gasteiger partial charge in [-0.25, -0.2) is 5.43 Å². The summed E-state index contributed by atoms with van der Waals surface area (Å²) in [4.78, 5) is 15.4. The van der Waals surface area contributed by atoms with Crippen LogP contribution in [0.1, 0.15) is 24.8 Å². The lowest BCUT2D eigenvalue weighted by Gasteiger charge is -2.27. The van der Waals surface area contributed by atoms with Gasteiger partial charge in [-0.2, -0.15) is 5.10 Å². The van der Waals surface area contributed by atoms with Crippen LogP contribution in [0.2, 0.25) is 0 Å². The lowest BCUT2D eigenvalue weighted by molar-refractivity contribution is -0.901. The van der Waals surface area contributed by atoms with Crippen LogP contribution < -0.4 is 15.2 Å². The number of benzene rings is 1. The van der Waals surface area contributed by atoms with Crippen molar-refractivity contribution in [1.82, 2.24) is 5.43 Å². The Morgan fingerprint density at radius 3 is 2.67 bits per heavy atom. The standard InChI is InChI=1S/C16H24N4O/c1-19(2)14-9-7-13(8-10-14)12-17-18-16(21)15-6-4-5-11-20(15)3/h7-10,12,15H,4-6,11H2,1-3H3,(H,18,21)/p+1. The van der Waals surface area contributed by atoms with Crippen LogP contribution in [0.3, 0.4) is 0 Å². The van der Waals surface area contributed by atoms with Crippen LogP contribution in [0.5, 0.6) is 0 Å². The average Bonchev–Trinajstić information content (AvgIpc) is 2.48. The van der Waals surface area contributed by atoms with E-state index in [0.29, 0.717) is 0 Å². The van der Waals surface area contributed by atoms with Gasteiger partial charge < -0.3 is 9.80 Å². The summed E-state index contributed by atoms with van der Waals surface area (Å²) in [5, 5.41) is 4.07. The summed E-state index contributed by atoms with van der Waals surface area (Å²) in [6.07, 6.45) is 4.97. The molecule has 0 radical (unpaired) electrons. The Bertz CT molecular complexity index is 496. The van der Waals surface area contributed by atoms with E-state index in [1.807, 2.05) is 43.3 Å². The zero-order chi connectivity index (χ0) is 15.2.